The minimum atomic E-state index is -0.581. The lowest BCUT2D eigenvalue weighted by molar-refractivity contribution is 0.0947. The molecule has 3 nitrogen and oxygen atoms in total. The maximum atomic E-state index is 13.5. The second kappa shape index (κ2) is 6.16. The van der Waals surface area contributed by atoms with Gasteiger partial charge in [-0.05, 0) is 50.0 Å². The van der Waals surface area contributed by atoms with E-state index in [1.54, 1.807) is 0 Å². The molecule has 1 aromatic carbocycles. The molecule has 0 bridgehead atoms. The minimum Gasteiger partial charge on any atom is -0.352 e. The van der Waals surface area contributed by atoms with E-state index in [-0.39, 0.29) is 11.5 Å². The Morgan fingerprint density at radius 2 is 2.39 bits per heavy atom. The number of hydrogen-bond donors (Lipinski definition) is 2. The highest BCUT2D eigenvalue weighted by Gasteiger charge is 2.15. The maximum Gasteiger partial charge on any atom is 0.254 e. The van der Waals surface area contributed by atoms with Crippen LogP contribution in [-0.4, -0.2) is 25.5 Å². The van der Waals surface area contributed by atoms with Crippen LogP contribution in [0.2, 0.25) is 5.02 Å². The molecular formula is C13H16ClFN2O. The first kappa shape index (κ1) is 13.3. The number of amides is 1. The molecule has 1 aliphatic heterocycles. The molecule has 18 heavy (non-hydrogen) atoms. The van der Waals surface area contributed by atoms with E-state index in [1.807, 2.05) is 0 Å². The fourth-order valence-corrected chi connectivity index (χ4v) is 2.28. The topological polar surface area (TPSA) is 41.1 Å². The second-order valence-corrected chi connectivity index (χ2v) is 4.96. The third-order valence-electron chi connectivity index (χ3n) is 3.18. The van der Waals surface area contributed by atoms with Crippen molar-refractivity contribution < 1.29 is 9.18 Å². The number of nitrogens with one attached hydrogen (secondary N) is 2. The van der Waals surface area contributed by atoms with Gasteiger partial charge in [-0.1, -0.05) is 11.6 Å². The van der Waals surface area contributed by atoms with Gasteiger partial charge < -0.3 is 10.6 Å². The molecule has 2 N–H and O–H groups in total. The highest BCUT2D eigenvalue weighted by atomic mass is 35.5. The molecule has 1 unspecified atom stereocenters. The van der Waals surface area contributed by atoms with Crippen molar-refractivity contribution in [2.75, 3.05) is 19.6 Å². The van der Waals surface area contributed by atoms with Gasteiger partial charge in [0, 0.05) is 11.6 Å². The van der Waals surface area contributed by atoms with Crippen LogP contribution in [0.4, 0.5) is 4.39 Å². The highest BCUT2D eigenvalue weighted by molar-refractivity contribution is 6.30. The number of hydrogen-bond acceptors (Lipinski definition) is 2. The summed E-state index contributed by atoms with van der Waals surface area (Å²) in [5.41, 5.74) is 0.0453. The summed E-state index contributed by atoms with van der Waals surface area (Å²) in [6.45, 7) is 2.63. The summed E-state index contributed by atoms with van der Waals surface area (Å²) in [6, 6.07) is 4.07. The molecule has 0 saturated carbocycles. The van der Waals surface area contributed by atoms with Crippen LogP contribution >= 0.6 is 11.6 Å². The van der Waals surface area contributed by atoms with Crippen LogP contribution in [0.1, 0.15) is 23.2 Å². The van der Waals surface area contributed by atoms with Crippen molar-refractivity contribution in [2.24, 2.45) is 5.92 Å². The molecule has 1 saturated heterocycles. The van der Waals surface area contributed by atoms with E-state index in [0.29, 0.717) is 17.5 Å². The largest absolute Gasteiger partial charge is 0.352 e. The molecular weight excluding hydrogens is 255 g/mol. The highest BCUT2D eigenvalue weighted by Crippen LogP contribution is 2.15. The molecule has 0 spiro atoms. The number of carbonyl (C=O) groups is 1. The Labute approximate surface area is 111 Å². The molecule has 98 valence electrons. The maximum absolute atomic E-state index is 13.5. The van der Waals surface area contributed by atoms with E-state index in [4.69, 9.17) is 11.6 Å². The molecule has 0 radical (unpaired) electrons. The number of benzene rings is 1. The zero-order valence-corrected chi connectivity index (χ0v) is 10.8. The van der Waals surface area contributed by atoms with Crippen molar-refractivity contribution in [3.63, 3.8) is 0 Å². The average molecular weight is 271 g/mol. The van der Waals surface area contributed by atoms with E-state index in [2.05, 4.69) is 10.6 Å². The van der Waals surface area contributed by atoms with Crippen molar-refractivity contribution in [1.29, 1.82) is 0 Å². The van der Waals surface area contributed by atoms with Gasteiger partial charge in [-0.25, -0.2) is 4.39 Å². The number of halogens is 2. The van der Waals surface area contributed by atoms with Gasteiger partial charge in [0.1, 0.15) is 5.82 Å². The van der Waals surface area contributed by atoms with Crippen molar-refractivity contribution in [3.8, 4) is 0 Å². The molecule has 0 aliphatic carbocycles. The minimum absolute atomic E-state index is 0.0453. The summed E-state index contributed by atoms with van der Waals surface area (Å²) in [5.74, 6) is -0.349. The van der Waals surface area contributed by atoms with Crippen molar-refractivity contribution >= 4 is 17.5 Å². The Hall–Kier alpha value is -1.13. The second-order valence-electron chi connectivity index (χ2n) is 4.53. The van der Waals surface area contributed by atoms with Gasteiger partial charge >= 0.3 is 0 Å². The lowest BCUT2D eigenvalue weighted by Crippen LogP contribution is -2.27. The van der Waals surface area contributed by atoms with Crippen LogP contribution in [0.5, 0.6) is 0 Å². The van der Waals surface area contributed by atoms with Crippen molar-refractivity contribution in [2.45, 2.75) is 12.8 Å². The molecule has 1 aromatic rings. The number of rotatable bonds is 4. The fraction of sp³-hybridized carbons (Fsp3) is 0.462. The summed E-state index contributed by atoms with van der Waals surface area (Å²) in [5, 5.41) is 6.30. The van der Waals surface area contributed by atoms with Gasteiger partial charge in [0.2, 0.25) is 0 Å². The van der Waals surface area contributed by atoms with Crippen LogP contribution in [-0.2, 0) is 0 Å². The van der Waals surface area contributed by atoms with Gasteiger partial charge in [-0.2, -0.15) is 0 Å². The van der Waals surface area contributed by atoms with Crippen molar-refractivity contribution in [1.82, 2.24) is 10.6 Å². The zero-order chi connectivity index (χ0) is 13.0. The van der Waals surface area contributed by atoms with E-state index < -0.39 is 5.82 Å². The SMILES string of the molecule is O=C(NCCC1CCNC1)c1ccc(Cl)cc1F. The van der Waals surface area contributed by atoms with Crippen LogP contribution in [0.25, 0.3) is 0 Å². The predicted molar refractivity (Wildman–Crippen MR) is 69.3 cm³/mol. The lowest BCUT2D eigenvalue weighted by Gasteiger charge is -2.09. The van der Waals surface area contributed by atoms with E-state index in [1.165, 1.54) is 12.1 Å². The first-order chi connectivity index (χ1) is 8.66. The van der Waals surface area contributed by atoms with Crippen LogP contribution in [0.15, 0.2) is 18.2 Å². The predicted octanol–water partition coefficient (Wildman–Crippen LogP) is 2.21. The summed E-state index contributed by atoms with van der Waals surface area (Å²) in [4.78, 5) is 11.7. The standard InChI is InChI=1S/C13H16ClFN2O/c14-10-1-2-11(12(15)7-10)13(18)17-6-4-9-3-5-16-8-9/h1-2,7,9,16H,3-6,8H2,(H,17,18). The summed E-state index contributed by atoms with van der Waals surface area (Å²) in [6.07, 6.45) is 2.07. The molecule has 1 heterocycles. The van der Waals surface area contributed by atoms with Gasteiger partial charge in [0.25, 0.3) is 5.91 Å². The molecule has 1 aliphatic rings. The van der Waals surface area contributed by atoms with E-state index in [9.17, 15) is 9.18 Å². The van der Waals surface area contributed by atoms with Gasteiger partial charge in [0.15, 0.2) is 0 Å². The lowest BCUT2D eigenvalue weighted by atomic mass is 10.1. The van der Waals surface area contributed by atoms with Gasteiger partial charge in [-0.3, -0.25) is 4.79 Å². The monoisotopic (exact) mass is 270 g/mol. The third-order valence-corrected chi connectivity index (χ3v) is 3.41. The Morgan fingerprint density at radius 1 is 1.56 bits per heavy atom. The Balaban J connectivity index is 1.83. The molecule has 2 rings (SSSR count). The van der Waals surface area contributed by atoms with E-state index >= 15 is 0 Å². The average Bonchev–Trinajstić information content (AvgIpc) is 2.81. The Morgan fingerprint density at radius 3 is 3.06 bits per heavy atom. The van der Waals surface area contributed by atoms with E-state index in [0.717, 1.165) is 32.0 Å². The molecule has 1 fully saturated rings. The summed E-state index contributed by atoms with van der Waals surface area (Å²) in [7, 11) is 0. The molecule has 0 aromatic heterocycles. The first-order valence-electron chi connectivity index (χ1n) is 6.11. The summed E-state index contributed by atoms with van der Waals surface area (Å²) < 4.78 is 13.5. The van der Waals surface area contributed by atoms with Gasteiger partial charge in [-0.15, -0.1) is 0 Å². The number of carbonyl (C=O) groups excluding carboxylic acids is 1. The zero-order valence-electron chi connectivity index (χ0n) is 10.0. The van der Waals surface area contributed by atoms with Crippen molar-refractivity contribution in [3.05, 3.63) is 34.6 Å². The Bertz CT molecular complexity index is 433. The molecule has 5 heteroatoms. The normalized spacial score (nSPS) is 18.9. The Kier molecular flexibility index (Phi) is 4.55. The third kappa shape index (κ3) is 3.43. The van der Waals surface area contributed by atoms with Crippen LogP contribution < -0.4 is 10.6 Å². The van der Waals surface area contributed by atoms with Crippen LogP contribution in [0.3, 0.4) is 0 Å². The van der Waals surface area contributed by atoms with Crippen LogP contribution in [0, 0.1) is 11.7 Å². The smallest absolute Gasteiger partial charge is 0.254 e. The molecule has 1 atom stereocenters. The quantitative estimate of drug-likeness (QED) is 0.881. The molecule has 1 amide bonds. The first-order valence-corrected chi connectivity index (χ1v) is 6.48. The summed E-state index contributed by atoms with van der Waals surface area (Å²) >= 11 is 5.63. The fourth-order valence-electron chi connectivity index (χ4n) is 2.12. The van der Waals surface area contributed by atoms with Gasteiger partial charge in [0.05, 0.1) is 5.56 Å².